The molecule has 0 bridgehead atoms. The van der Waals surface area contributed by atoms with Crippen molar-refractivity contribution in [3.05, 3.63) is 38.9 Å². The molecule has 5 nitrogen and oxygen atoms in total. The van der Waals surface area contributed by atoms with Gasteiger partial charge in [0.25, 0.3) is 5.69 Å². The third kappa shape index (κ3) is 4.25. The number of hydrogen-bond donors (Lipinski definition) is 2. The largest absolute Gasteiger partial charge is 0.396 e. The SMILES string of the molecule is CC(C)(CO)CNCc1ccc([N+](=O)[O-])cc1Cl. The lowest BCUT2D eigenvalue weighted by atomic mass is 9.95. The van der Waals surface area contributed by atoms with Crippen molar-refractivity contribution in [2.45, 2.75) is 20.4 Å². The molecule has 0 radical (unpaired) electrons. The molecule has 1 aromatic carbocycles. The molecule has 0 atom stereocenters. The molecule has 0 fully saturated rings. The predicted octanol–water partition coefficient (Wildman–Crippen LogP) is 2.36. The quantitative estimate of drug-likeness (QED) is 0.616. The Balaban J connectivity index is 2.61. The van der Waals surface area contributed by atoms with Crippen molar-refractivity contribution in [2.75, 3.05) is 13.2 Å². The Labute approximate surface area is 111 Å². The number of hydrogen-bond acceptors (Lipinski definition) is 4. The number of nitro benzene ring substituents is 1. The van der Waals surface area contributed by atoms with E-state index in [-0.39, 0.29) is 17.7 Å². The second-order valence-electron chi connectivity index (χ2n) is 4.96. The zero-order valence-corrected chi connectivity index (χ0v) is 11.2. The summed E-state index contributed by atoms with van der Waals surface area (Å²) in [5.41, 5.74) is 0.586. The summed E-state index contributed by atoms with van der Waals surface area (Å²) in [5.74, 6) is 0. The predicted molar refractivity (Wildman–Crippen MR) is 70.7 cm³/mol. The minimum absolute atomic E-state index is 0.0144. The molecule has 1 rings (SSSR count). The third-order valence-corrected chi connectivity index (χ3v) is 2.95. The van der Waals surface area contributed by atoms with Gasteiger partial charge in [-0.1, -0.05) is 25.4 Å². The van der Waals surface area contributed by atoms with Crippen LogP contribution in [0, 0.1) is 15.5 Å². The van der Waals surface area contributed by atoms with Crippen LogP contribution in [-0.4, -0.2) is 23.2 Å². The second kappa shape index (κ2) is 6.13. The normalized spacial score (nSPS) is 11.6. The van der Waals surface area contributed by atoms with Gasteiger partial charge in [0, 0.05) is 37.2 Å². The fraction of sp³-hybridized carbons (Fsp3) is 0.500. The number of rotatable bonds is 6. The van der Waals surface area contributed by atoms with Crippen LogP contribution in [0.25, 0.3) is 0 Å². The van der Waals surface area contributed by atoms with Crippen LogP contribution in [0.1, 0.15) is 19.4 Å². The Morgan fingerprint density at radius 1 is 1.50 bits per heavy atom. The van der Waals surface area contributed by atoms with Gasteiger partial charge in [0.1, 0.15) is 0 Å². The Hall–Kier alpha value is -1.17. The topological polar surface area (TPSA) is 75.4 Å². The van der Waals surface area contributed by atoms with Crippen LogP contribution in [0.2, 0.25) is 5.02 Å². The monoisotopic (exact) mass is 272 g/mol. The van der Waals surface area contributed by atoms with Gasteiger partial charge >= 0.3 is 0 Å². The summed E-state index contributed by atoms with van der Waals surface area (Å²) < 4.78 is 0. The van der Waals surface area contributed by atoms with E-state index in [0.717, 1.165) is 5.56 Å². The number of non-ortho nitro benzene ring substituents is 1. The van der Waals surface area contributed by atoms with Crippen molar-refractivity contribution < 1.29 is 10.0 Å². The van der Waals surface area contributed by atoms with Crippen molar-refractivity contribution in [1.29, 1.82) is 0 Å². The first kappa shape index (κ1) is 14.9. The maximum atomic E-state index is 10.6. The number of nitrogens with one attached hydrogen (secondary N) is 1. The number of nitrogens with zero attached hydrogens (tertiary/aromatic N) is 1. The van der Waals surface area contributed by atoms with Gasteiger partial charge in [0.15, 0.2) is 0 Å². The van der Waals surface area contributed by atoms with Crippen molar-refractivity contribution in [2.24, 2.45) is 5.41 Å². The van der Waals surface area contributed by atoms with Gasteiger partial charge in [0.2, 0.25) is 0 Å². The first-order valence-electron chi connectivity index (χ1n) is 5.60. The molecule has 100 valence electrons. The molecule has 0 aliphatic rings. The van der Waals surface area contributed by atoms with Crippen molar-refractivity contribution in [3.8, 4) is 0 Å². The highest BCUT2D eigenvalue weighted by molar-refractivity contribution is 6.31. The molecule has 0 aromatic heterocycles. The van der Waals surface area contributed by atoms with E-state index in [1.165, 1.54) is 12.1 Å². The van der Waals surface area contributed by atoms with Gasteiger partial charge in [-0.3, -0.25) is 10.1 Å². The van der Waals surface area contributed by atoms with E-state index in [1.807, 2.05) is 13.8 Å². The van der Waals surface area contributed by atoms with Gasteiger partial charge in [-0.25, -0.2) is 0 Å². The molecule has 6 heteroatoms. The van der Waals surface area contributed by atoms with Gasteiger partial charge in [-0.2, -0.15) is 0 Å². The minimum atomic E-state index is -0.474. The van der Waals surface area contributed by atoms with E-state index in [1.54, 1.807) is 6.07 Å². The lowest BCUT2D eigenvalue weighted by molar-refractivity contribution is -0.384. The van der Waals surface area contributed by atoms with Gasteiger partial charge in [-0.15, -0.1) is 0 Å². The van der Waals surface area contributed by atoms with Gasteiger partial charge in [-0.05, 0) is 11.6 Å². The van der Waals surface area contributed by atoms with Crippen LogP contribution < -0.4 is 5.32 Å². The van der Waals surface area contributed by atoms with E-state index in [2.05, 4.69) is 5.32 Å². The summed E-state index contributed by atoms with van der Waals surface area (Å²) >= 11 is 5.96. The van der Waals surface area contributed by atoms with Crippen molar-refractivity contribution in [3.63, 3.8) is 0 Å². The molecule has 0 aliphatic carbocycles. The Bertz CT molecular complexity index is 435. The van der Waals surface area contributed by atoms with Crippen molar-refractivity contribution >= 4 is 17.3 Å². The third-order valence-electron chi connectivity index (χ3n) is 2.59. The Kier molecular flexibility index (Phi) is 5.07. The molecule has 0 saturated heterocycles. The molecule has 0 heterocycles. The molecule has 0 saturated carbocycles. The number of benzene rings is 1. The van der Waals surface area contributed by atoms with E-state index in [9.17, 15) is 10.1 Å². The smallest absolute Gasteiger partial charge is 0.270 e. The van der Waals surface area contributed by atoms with Crippen LogP contribution in [0.15, 0.2) is 18.2 Å². The lowest BCUT2D eigenvalue weighted by Gasteiger charge is -2.22. The Morgan fingerprint density at radius 2 is 2.17 bits per heavy atom. The molecule has 1 aromatic rings. The van der Waals surface area contributed by atoms with Crippen molar-refractivity contribution in [1.82, 2.24) is 5.32 Å². The molecule has 18 heavy (non-hydrogen) atoms. The van der Waals surface area contributed by atoms with Gasteiger partial charge < -0.3 is 10.4 Å². The zero-order valence-electron chi connectivity index (χ0n) is 10.4. The molecule has 0 unspecified atom stereocenters. The molecule has 0 amide bonds. The number of aliphatic hydroxyl groups is 1. The van der Waals surface area contributed by atoms with Gasteiger partial charge in [0.05, 0.1) is 9.95 Å². The highest BCUT2D eigenvalue weighted by Gasteiger charge is 2.16. The average molecular weight is 273 g/mol. The summed E-state index contributed by atoms with van der Waals surface area (Å²) in [6.07, 6.45) is 0. The van der Waals surface area contributed by atoms with Crippen LogP contribution in [0.4, 0.5) is 5.69 Å². The second-order valence-corrected chi connectivity index (χ2v) is 5.37. The minimum Gasteiger partial charge on any atom is -0.396 e. The molecule has 0 spiro atoms. The highest BCUT2D eigenvalue weighted by Crippen LogP contribution is 2.22. The van der Waals surface area contributed by atoms with Crippen LogP contribution >= 0.6 is 11.6 Å². The average Bonchev–Trinajstić information content (AvgIpc) is 2.31. The molecular weight excluding hydrogens is 256 g/mol. The van der Waals surface area contributed by atoms with E-state index in [4.69, 9.17) is 16.7 Å². The summed E-state index contributed by atoms with van der Waals surface area (Å²) in [6.45, 7) is 5.12. The molecule has 2 N–H and O–H groups in total. The lowest BCUT2D eigenvalue weighted by Crippen LogP contribution is -2.31. The number of halogens is 1. The first-order valence-corrected chi connectivity index (χ1v) is 5.98. The number of aliphatic hydroxyl groups excluding tert-OH is 1. The standard InChI is InChI=1S/C12H17ClN2O3/c1-12(2,8-16)7-14-6-9-3-4-10(15(17)18)5-11(9)13/h3-5,14,16H,6-8H2,1-2H3. The fourth-order valence-electron chi connectivity index (χ4n) is 1.38. The maximum absolute atomic E-state index is 10.6. The maximum Gasteiger partial charge on any atom is 0.270 e. The van der Waals surface area contributed by atoms with E-state index in [0.29, 0.717) is 18.1 Å². The Morgan fingerprint density at radius 3 is 2.67 bits per heavy atom. The summed E-state index contributed by atoms with van der Waals surface area (Å²) in [6, 6.07) is 4.41. The first-order chi connectivity index (χ1) is 8.35. The van der Waals surface area contributed by atoms with Crippen LogP contribution in [-0.2, 0) is 6.54 Å². The number of nitro groups is 1. The molecular formula is C12H17ClN2O3. The summed E-state index contributed by atoms with van der Waals surface area (Å²) in [5, 5.41) is 23.2. The molecule has 0 aliphatic heterocycles. The van der Waals surface area contributed by atoms with E-state index >= 15 is 0 Å². The summed E-state index contributed by atoms with van der Waals surface area (Å²) in [4.78, 5) is 10.1. The van der Waals surface area contributed by atoms with Crippen LogP contribution in [0.5, 0.6) is 0 Å². The fourth-order valence-corrected chi connectivity index (χ4v) is 1.63. The van der Waals surface area contributed by atoms with Crippen LogP contribution in [0.3, 0.4) is 0 Å². The van der Waals surface area contributed by atoms with E-state index < -0.39 is 4.92 Å². The highest BCUT2D eigenvalue weighted by atomic mass is 35.5. The zero-order chi connectivity index (χ0) is 13.8. The summed E-state index contributed by atoms with van der Waals surface area (Å²) in [7, 11) is 0.